The molecule has 1 aromatic carbocycles. The van der Waals surface area contributed by atoms with Gasteiger partial charge in [-0.15, -0.1) is 0 Å². The highest BCUT2D eigenvalue weighted by Crippen LogP contribution is 2.40. The van der Waals surface area contributed by atoms with Crippen LogP contribution in [-0.4, -0.2) is 49.7 Å². The SMILES string of the molecule is CCC(=O)Cc1ccc(Sc2nc(Nc3cc(C4CC4)[nH]n3)cc(N3CC(C)(O)C3)n2)cc1. The van der Waals surface area contributed by atoms with Gasteiger partial charge in [-0.05, 0) is 49.2 Å². The number of H-pyrrole nitrogens is 1. The first-order valence-electron chi connectivity index (χ1n) is 11.3. The molecule has 0 spiro atoms. The van der Waals surface area contributed by atoms with Crippen molar-refractivity contribution in [2.75, 3.05) is 23.3 Å². The molecule has 2 aromatic heterocycles. The second-order valence-corrected chi connectivity index (χ2v) is 10.2. The molecule has 2 fully saturated rings. The number of ketones is 1. The van der Waals surface area contributed by atoms with Crippen molar-refractivity contribution in [3.8, 4) is 0 Å². The lowest BCUT2D eigenvalue weighted by Gasteiger charge is -2.45. The van der Waals surface area contributed by atoms with Gasteiger partial charge in [-0.2, -0.15) is 5.10 Å². The van der Waals surface area contributed by atoms with Gasteiger partial charge in [0.15, 0.2) is 11.0 Å². The molecule has 1 saturated carbocycles. The van der Waals surface area contributed by atoms with Crippen molar-refractivity contribution >= 4 is 35.0 Å². The molecular formula is C24H28N6O2S. The van der Waals surface area contributed by atoms with Gasteiger partial charge in [0, 0.05) is 54.6 Å². The number of nitrogens with one attached hydrogen (secondary N) is 2. The zero-order chi connectivity index (χ0) is 23.0. The minimum atomic E-state index is -0.695. The molecule has 3 heterocycles. The Balaban J connectivity index is 1.35. The molecule has 0 bridgehead atoms. The van der Waals surface area contributed by atoms with Crippen molar-refractivity contribution in [1.82, 2.24) is 20.2 Å². The fourth-order valence-corrected chi connectivity index (χ4v) is 4.66. The Morgan fingerprint density at radius 1 is 1.21 bits per heavy atom. The lowest BCUT2D eigenvalue weighted by Crippen LogP contribution is -2.60. The number of benzene rings is 1. The zero-order valence-corrected chi connectivity index (χ0v) is 19.7. The number of anilines is 3. The molecule has 0 radical (unpaired) electrons. The summed E-state index contributed by atoms with van der Waals surface area (Å²) in [6.07, 6.45) is 3.43. The maximum Gasteiger partial charge on any atom is 0.196 e. The topological polar surface area (TPSA) is 107 Å². The molecule has 0 unspecified atom stereocenters. The van der Waals surface area contributed by atoms with Crippen LogP contribution in [-0.2, 0) is 11.2 Å². The third-order valence-electron chi connectivity index (χ3n) is 5.88. The first kappa shape index (κ1) is 21.9. The summed E-state index contributed by atoms with van der Waals surface area (Å²) in [6.45, 7) is 4.77. The van der Waals surface area contributed by atoms with E-state index in [4.69, 9.17) is 9.97 Å². The average molecular weight is 465 g/mol. The largest absolute Gasteiger partial charge is 0.386 e. The number of aliphatic hydroxyl groups is 1. The number of rotatable bonds is 9. The standard InChI is InChI=1S/C24H28N6O2S/c1-3-17(31)10-15-4-8-18(9-5-15)33-23-26-20(12-22(27-23)30-13-24(2,32)14-30)25-21-11-19(28-29-21)16-6-7-16/h4-5,8-9,11-12,16,32H,3,6-7,10,13-14H2,1-2H3,(H2,25,26,27,28,29). The molecule has 0 amide bonds. The zero-order valence-electron chi connectivity index (χ0n) is 18.8. The third kappa shape index (κ3) is 5.36. The fourth-order valence-electron chi connectivity index (χ4n) is 3.89. The summed E-state index contributed by atoms with van der Waals surface area (Å²) in [5.74, 6) is 2.99. The van der Waals surface area contributed by atoms with Crippen LogP contribution in [0.1, 0.15) is 50.3 Å². The Hall–Kier alpha value is -2.91. The van der Waals surface area contributed by atoms with Crippen LogP contribution in [0.2, 0.25) is 0 Å². The number of β-amino-alcohol motifs (C(OH)–C–C–N with tert-alkyl or cyclic N) is 1. The van der Waals surface area contributed by atoms with E-state index in [1.807, 2.05) is 55.1 Å². The number of hydrogen-bond donors (Lipinski definition) is 3. The number of aromatic amines is 1. The molecule has 9 heteroatoms. The van der Waals surface area contributed by atoms with Gasteiger partial charge in [0.2, 0.25) is 0 Å². The summed E-state index contributed by atoms with van der Waals surface area (Å²) in [6, 6.07) is 11.9. The van der Waals surface area contributed by atoms with Crippen LogP contribution in [0.4, 0.5) is 17.5 Å². The Kier molecular flexibility index (Phi) is 5.84. The van der Waals surface area contributed by atoms with Gasteiger partial charge in [0.25, 0.3) is 0 Å². The number of aromatic nitrogens is 4. The highest BCUT2D eigenvalue weighted by Gasteiger charge is 2.37. The summed E-state index contributed by atoms with van der Waals surface area (Å²) in [4.78, 5) is 24.2. The van der Waals surface area contributed by atoms with Gasteiger partial charge < -0.3 is 15.3 Å². The lowest BCUT2D eigenvalue weighted by atomic mass is 9.97. The Bertz CT molecular complexity index is 1150. The predicted octanol–water partition coefficient (Wildman–Crippen LogP) is 4.06. The maximum atomic E-state index is 11.7. The van der Waals surface area contributed by atoms with Crippen LogP contribution in [0.15, 0.2) is 46.5 Å². The smallest absolute Gasteiger partial charge is 0.196 e. The third-order valence-corrected chi connectivity index (χ3v) is 6.75. The van der Waals surface area contributed by atoms with E-state index in [9.17, 15) is 9.90 Å². The predicted molar refractivity (Wildman–Crippen MR) is 128 cm³/mol. The van der Waals surface area contributed by atoms with Gasteiger partial charge in [-0.3, -0.25) is 9.89 Å². The number of carbonyl (C=O) groups excluding carboxylic acids is 1. The van der Waals surface area contributed by atoms with Gasteiger partial charge in [-0.25, -0.2) is 9.97 Å². The molecule has 172 valence electrons. The molecule has 3 N–H and O–H groups in total. The molecular weight excluding hydrogens is 436 g/mol. The van der Waals surface area contributed by atoms with Gasteiger partial charge in [0.1, 0.15) is 17.4 Å². The van der Waals surface area contributed by atoms with Crippen LogP contribution in [0.25, 0.3) is 0 Å². The number of carbonyl (C=O) groups is 1. The highest BCUT2D eigenvalue weighted by molar-refractivity contribution is 7.99. The summed E-state index contributed by atoms with van der Waals surface area (Å²) < 4.78 is 0. The fraction of sp³-hybridized carbons (Fsp3) is 0.417. The van der Waals surface area contributed by atoms with Crippen LogP contribution >= 0.6 is 11.8 Å². The first-order valence-corrected chi connectivity index (χ1v) is 12.2. The average Bonchev–Trinajstić information content (AvgIpc) is 3.52. The van der Waals surface area contributed by atoms with E-state index in [1.165, 1.54) is 24.6 Å². The second-order valence-electron chi connectivity index (χ2n) is 9.17. The van der Waals surface area contributed by atoms with Crippen molar-refractivity contribution in [3.05, 3.63) is 47.7 Å². The minimum absolute atomic E-state index is 0.232. The van der Waals surface area contributed by atoms with E-state index in [0.717, 1.165) is 27.8 Å². The van der Waals surface area contributed by atoms with E-state index in [1.54, 1.807) is 0 Å². The van der Waals surface area contributed by atoms with Crippen molar-refractivity contribution in [2.24, 2.45) is 0 Å². The Labute approximate surface area is 197 Å². The molecule has 2 aliphatic rings. The van der Waals surface area contributed by atoms with E-state index < -0.39 is 5.60 Å². The van der Waals surface area contributed by atoms with E-state index in [2.05, 4.69) is 15.5 Å². The number of Topliss-reactive ketones (excluding diaryl/α,β-unsaturated/α-hetero) is 1. The summed E-state index contributed by atoms with van der Waals surface area (Å²) in [5.41, 5.74) is 1.47. The Morgan fingerprint density at radius 3 is 2.64 bits per heavy atom. The molecule has 1 aliphatic heterocycles. The van der Waals surface area contributed by atoms with Crippen LogP contribution in [0, 0.1) is 0 Å². The number of hydrogen-bond acceptors (Lipinski definition) is 8. The quantitative estimate of drug-likeness (QED) is 0.407. The highest BCUT2D eigenvalue weighted by atomic mass is 32.2. The monoisotopic (exact) mass is 464 g/mol. The van der Waals surface area contributed by atoms with Crippen LogP contribution in [0.3, 0.4) is 0 Å². The molecule has 0 atom stereocenters. The van der Waals surface area contributed by atoms with Gasteiger partial charge in [-0.1, -0.05) is 19.1 Å². The van der Waals surface area contributed by atoms with Crippen LogP contribution < -0.4 is 10.2 Å². The summed E-state index contributed by atoms with van der Waals surface area (Å²) >= 11 is 1.47. The van der Waals surface area contributed by atoms with Crippen molar-refractivity contribution in [1.29, 1.82) is 0 Å². The Morgan fingerprint density at radius 2 is 1.97 bits per heavy atom. The molecule has 3 aromatic rings. The van der Waals surface area contributed by atoms with Crippen molar-refractivity contribution in [3.63, 3.8) is 0 Å². The first-order chi connectivity index (χ1) is 15.9. The second kappa shape index (κ2) is 8.79. The summed E-state index contributed by atoms with van der Waals surface area (Å²) in [5, 5.41) is 21.6. The van der Waals surface area contributed by atoms with E-state index >= 15 is 0 Å². The van der Waals surface area contributed by atoms with Gasteiger partial charge in [0.05, 0.1) is 5.60 Å². The van der Waals surface area contributed by atoms with Gasteiger partial charge >= 0.3 is 0 Å². The molecule has 33 heavy (non-hydrogen) atoms. The lowest BCUT2D eigenvalue weighted by molar-refractivity contribution is -0.118. The number of nitrogens with zero attached hydrogens (tertiary/aromatic N) is 4. The van der Waals surface area contributed by atoms with E-state index in [0.29, 0.717) is 42.8 Å². The maximum absolute atomic E-state index is 11.7. The van der Waals surface area contributed by atoms with Crippen LogP contribution in [0.5, 0.6) is 0 Å². The van der Waals surface area contributed by atoms with E-state index in [-0.39, 0.29) is 5.78 Å². The molecule has 8 nitrogen and oxygen atoms in total. The molecule has 1 saturated heterocycles. The normalized spacial score (nSPS) is 17.0. The van der Waals surface area contributed by atoms with Crippen molar-refractivity contribution < 1.29 is 9.90 Å². The molecule has 1 aliphatic carbocycles. The minimum Gasteiger partial charge on any atom is -0.386 e. The molecule has 5 rings (SSSR count). The van der Waals surface area contributed by atoms with Crippen molar-refractivity contribution in [2.45, 2.75) is 61.1 Å². The summed E-state index contributed by atoms with van der Waals surface area (Å²) in [7, 11) is 0.